The SMILES string of the molecule is CN1CCCC(NC2CCCC2CNC(=O)OC(C)(C)C)CC1. The first-order valence-electron chi connectivity index (χ1n) is 9.25. The Kier molecular flexibility index (Phi) is 6.72. The van der Waals surface area contributed by atoms with Gasteiger partial charge in [-0.05, 0) is 78.9 Å². The number of carbonyl (C=O) groups is 1. The summed E-state index contributed by atoms with van der Waals surface area (Å²) in [5.74, 6) is 0.531. The highest BCUT2D eigenvalue weighted by Crippen LogP contribution is 2.26. The fourth-order valence-electron chi connectivity index (χ4n) is 3.74. The van der Waals surface area contributed by atoms with Gasteiger partial charge in [0.05, 0.1) is 0 Å². The second-order valence-electron chi connectivity index (χ2n) is 8.28. The van der Waals surface area contributed by atoms with E-state index in [1.54, 1.807) is 0 Å². The number of amides is 1. The first kappa shape index (κ1) is 18.5. The molecule has 5 heteroatoms. The number of rotatable bonds is 4. The lowest BCUT2D eigenvalue weighted by Gasteiger charge is -2.27. The van der Waals surface area contributed by atoms with Crippen LogP contribution in [0.3, 0.4) is 0 Å². The number of carbonyl (C=O) groups excluding carboxylic acids is 1. The van der Waals surface area contributed by atoms with Gasteiger partial charge in [-0.15, -0.1) is 0 Å². The summed E-state index contributed by atoms with van der Waals surface area (Å²) >= 11 is 0. The second kappa shape index (κ2) is 8.34. The van der Waals surface area contributed by atoms with Gasteiger partial charge in [0.25, 0.3) is 0 Å². The van der Waals surface area contributed by atoms with E-state index in [1.165, 1.54) is 51.6 Å². The first-order chi connectivity index (χ1) is 10.8. The standard InChI is InChI=1S/C18H35N3O2/c1-18(2,3)23-17(22)19-13-14-7-5-9-16(14)20-15-8-6-11-21(4)12-10-15/h14-16,20H,5-13H2,1-4H3,(H,19,22). The van der Waals surface area contributed by atoms with E-state index in [1.807, 2.05) is 20.8 Å². The Balaban J connectivity index is 1.75. The smallest absolute Gasteiger partial charge is 0.407 e. The molecule has 1 saturated heterocycles. The van der Waals surface area contributed by atoms with E-state index in [4.69, 9.17) is 4.74 Å². The minimum Gasteiger partial charge on any atom is -0.444 e. The Hall–Kier alpha value is -0.810. The highest BCUT2D eigenvalue weighted by Gasteiger charge is 2.30. The number of ether oxygens (including phenoxy) is 1. The molecular weight excluding hydrogens is 290 g/mol. The van der Waals surface area contributed by atoms with Gasteiger partial charge in [0.2, 0.25) is 0 Å². The van der Waals surface area contributed by atoms with Crippen molar-refractivity contribution in [2.24, 2.45) is 5.92 Å². The maximum absolute atomic E-state index is 11.8. The number of nitrogens with one attached hydrogen (secondary N) is 2. The molecule has 3 unspecified atom stereocenters. The van der Waals surface area contributed by atoms with Crippen molar-refractivity contribution in [2.45, 2.75) is 77.0 Å². The summed E-state index contributed by atoms with van der Waals surface area (Å²) in [5, 5.41) is 6.84. The van der Waals surface area contributed by atoms with Crippen molar-refractivity contribution in [3.05, 3.63) is 0 Å². The van der Waals surface area contributed by atoms with Gasteiger partial charge in [0.15, 0.2) is 0 Å². The highest BCUT2D eigenvalue weighted by atomic mass is 16.6. The van der Waals surface area contributed by atoms with Crippen molar-refractivity contribution in [1.29, 1.82) is 0 Å². The van der Waals surface area contributed by atoms with E-state index < -0.39 is 5.60 Å². The maximum Gasteiger partial charge on any atom is 0.407 e. The van der Waals surface area contributed by atoms with Crippen LogP contribution in [-0.4, -0.2) is 55.4 Å². The molecule has 1 aliphatic carbocycles. The predicted molar refractivity (Wildman–Crippen MR) is 93.6 cm³/mol. The molecule has 23 heavy (non-hydrogen) atoms. The minimum atomic E-state index is -0.427. The molecule has 1 aliphatic heterocycles. The van der Waals surface area contributed by atoms with Crippen molar-refractivity contribution < 1.29 is 9.53 Å². The van der Waals surface area contributed by atoms with Gasteiger partial charge < -0.3 is 20.3 Å². The third kappa shape index (κ3) is 6.68. The van der Waals surface area contributed by atoms with Crippen molar-refractivity contribution in [3.63, 3.8) is 0 Å². The van der Waals surface area contributed by atoms with Crippen LogP contribution in [-0.2, 0) is 4.74 Å². The lowest BCUT2D eigenvalue weighted by atomic mass is 10.0. The van der Waals surface area contributed by atoms with Crippen molar-refractivity contribution in [3.8, 4) is 0 Å². The number of likely N-dealkylation sites (tertiary alicyclic amines) is 1. The number of hydrogen-bond donors (Lipinski definition) is 2. The molecule has 0 aromatic heterocycles. The van der Waals surface area contributed by atoms with Crippen LogP contribution in [0.2, 0.25) is 0 Å². The third-order valence-electron chi connectivity index (χ3n) is 4.97. The summed E-state index contributed by atoms with van der Waals surface area (Å²) in [6.07, 6.45) is 7.17. The molecular formula is C18H35N3O2. The number of hydrogen-bond acceptors (Lipinski definition) is 4. The summed E-state index contributed by atoms with van der Waals surface area (Å²) in [4.78, 5) is 14.3. The Morgan fingerprint density at radius 1 is 1.13 bits per heavy atom. The van der Waals surface area contributed by atoms with Crippen molar-refractivity contribution in [1.82, 2.24) is 15.5 Å². The van der Waals surface area contributed by atoms with Gasteiger partial charge >= 0.3 is 6.09 Å². The van der Waals surface area contributed by atoms with Crippen LogP contribution < -0.4 is 10.6 Å². The van der Waals surface area contributed by atoms with Crippen LogP contribution >= 0.6 is 0 Å². The Morgan fingerprint density at radius 3 is 2.65 bits per heavy atom. The van der Waals surface area contributed by atoms with Crippen molar-refractivity contribution >= 4 is 6.09 Å². The Bertz CT molecular complexity index is 381. The van der Waals surface area contributed by atoms with Crippen LogP contribution in [0.4, 0.5) is 4.79 Å². The van der Waals surface area contributed by atoms with Gasteiger partial charge in [-0.2, -0.15) is 0 Å². The van der Waals surface area contributed by atoms with E-state index >= 15 is 0 Å². The normalized spacial score (nSPS) is 30.0. The van der Waals surface area contributed by atoms with Crippen LogP contribution in [0.15, 0.2) is 0 Å². The van der Waals surface area contributed by atoms with Gasteiger partial charge in [-0.25, -0.2) is 4.79 Å². The van der Waals surface area contributed by atoms with Crippen LogP contribution in [0.1, 0.15) is 59.3 Å². The maximum atomic E-state index is 11.8. The molecule has 2 N–H and O–H groups in total. The number of alkyl carbamates (subject to hydrolysis) is 1. The van der Waals surface area contributed by atoms with Gasteiger partial charge in [-0.3, -0.25) is 0 Å². The molecule has 1 saturated carbocycles. The molecule has 134 valence electrons. The zero-order valence-electron chi connectivity index (χ0n) is 15.4. The van der Waals surface area contributed by atoms with E-state index in [0.29, 0.717) is 18.0 Å². The molecule has 2 fully saturated rings. The summed E-state index contributed by atoms with van der Waals surface area (Å²) in [7, 11) is 2.21. The monoisotopic (exact) mass is 325 g/mol. The van der Waals surface area contributed by atoms with Gasteiger partial charge in [0.1, 0.15) is 5.60 Å². The number of nitrogens with zero attached hydrogens (tertiary/aromatic N) is 1. The molecule has 0 radical (unpaired) electrons. The highest BCUT2D eigenvalue weighted by molar-refractivity contribution is 5.67. The minimum absolute atomic E-state index is 0.292. The zero-order valence-corrected chi connectivity index (χ0v) is 15.4. The van der Waals surface area contributed by atoms with Crippen LogP contribution in [0.5, 0.6) is 0 Å². The average Bonchev–Trinajstić information content (AvgIpc) is 2.77. The Morgan fingerprint density at radius 2 is 1.91 bits per heavy atom. The first-order valence-corrected chi connectivity index (χ1v) is 9.25. The van der Waals surface area contributed by atoms with E-state index in [9.17, 15) is 4.79 Å². The Labute approximate surface area is 141 Å². The molecule has 1 amide bonds. The summed E-state index contributed by atoms with van der Waals surface area (Å²) in [6.45, 7) is 8.82. The van der Waals surface area contributed by atoms with Gasteiger partial charge in [0, 0.05) is 18.6 Å². The lowest BCUT2D eigenvalue weighted by Crippen LogP contribution is -2.45. The topological polar surface area (TPSA) is 53.6 Å². The molecule has 0 aromatic carbocycles. The summed E-state index contributed by atoms with van der Waals surface area (Å²) in [6, 6.07) is 1.17. The lowest BCUT2D eigenvalue weighted by molar-refractivity contribution is 0.0517. The molecule has 2 rings (SSSR count). The third-order valence-corrected chi connectivity index (χ3v) is 4.97. The summed E-state index contributed by atoms with van der Waals surface area (Å²) in [5.41, 5.74) is -0.427. The second-order valence-corrected chi connectivity index (χ2v) is 8.28. The van der Waals surface area contributed by atoms with E-state index in [-0.39, 0.29) is 6.09 Å². The summed E-state index contributed by atoms with van der Waals surface area (Å²) < 4.78 is 5.34. The van der Waals surface area contributed by atoms with E-state index in [2.05, 4.69) is 22.6 Å². The quantitative estimate of drug-likeness (QED) is 0.834. The molecule has 0 aromatic rings. The molecule has 0 bridgehead atoms. The predicted octanol–water partition coefficient (Wildman–Crippen LogP) is 2.75. The largest absolute Gasteiger partial charge is 0.444 e. The molecule has 5 nitrogen and oxygen atoms in total. The zero-order chi connectivity index (χ0) is 16.9. The fourth-order valence-corrected chi connectivity index (χ4v) is 3.74. The van der Waals surface area contributed by atoms with Crippen LogP contribution in [0, 0.1) is 5.92 Å². The molecule has 1 heterocycles. The average molecular weight is 325 g/mol. The van der Waals surface area contributed by atoms with E-state index in [0.717, 1.165) is 6.54 Å². The fraction of sp³-hybridized carbons (Fsp3) is 0.944. The van der Waals surface area contributed by atoms with Crippen molar-refractivity contribution in [2.75, 3.05) is 26.7 Å². The molecule has 2 aliphatic rings. The van der Waals surface area contributed by atoms with Gasteiger partial charge in [-0.1, -0.05) is 6.42 Å². The molecule has 0 spiro atoms. The van der Waals surface area contributed by atoms with Crippen LogP contribution in [0.25, 0.3) is 0 Å². The molecule has 3 atom stereocenters.